The topological polar surface area (TPSA) is 42.5 Å². The molecule has 1 fully saturated rings. The van der Waals surface area contributed by atoms with Crippen molar-refractivity contribution >= 4 is 5.69 Å². The number of hydrogen-bond acceptors (Lipinski definition) is 4. The molecule has 1 heterocycles. The molecule has 2 N–H and O–H groups in total. The average molecular weight is 250 g/mol. The minimum atomic E-state index is 0.753. The molecular weight excluding hydrogens is 228 g/mol. The maximum Gasteiger partial charge on any atom is 0.124 e. The smallest absolute Gasteiger partial charge is 0.124 e. The number of rotatable bonds is 5. The molecule has 4 heteroatoms. The molecule has 0 unspecified atom stereocenters. The van der Waals surface area contributed by atoms with Gasteiger partial charge in [0.15, 0.2) is 0 Å². The molecular formula is C14H22N2O2. The second kappa shape index (κ2) is 6.50. The highest BCUT2D eigenvalue weighted by molar-refractivity contribution is 5.53. The second-order valence-electron chi connectivity index (χ2n) is 4.68. The summed E-state index contributed by atoms with van der Waals surface area (Å²) in [4.78, 5) is 0. The molecule has 0 bridgehead atoms. The first kappa shape index (κ1) is 13.0. The van der Waals surface area contributed by atoms with E-state index in [2.05, 4.69) is 10.6 Å². The molecule has 18 heavy (non-hydrogen) atoms. The van der Waals surface area contributed by atoms with Gasteiger partial charge in [0.25, 0.3) is 0 Å². The predicted molar refractivity (Wildman–Crippen MR) is 73.6 cm³/mol. The van der Waals surface area contributed by atoms with Crippen molar-refractivity contribution in [2.45, 2.75) is 12.8 Å². The first-order valence-electron chi connectivity index (χ1n) is 6.49. The van der Waals surface area contributed by atoms with Crippen LogP contribution in [0.5, 0.6) is 11.5 Å². The number of anilines is 1. The molecule has 0 spiro atoms. The van der Waals surface area contributed by atoms with Gasteiger partial charge in [-0.05, 0) is 31.8 Å². The molecule has 0 aliphatic carbocycles. The van der Waals surface area contributed by atoms with E-state index in [1.54, 1.807) is 14.2 Å². The highest BCUT2D eigenvalue weighted by Gasteiger charge is 2.12. The van der Waals surface area contributed by atoms with Gasteiger partial charge in [-0.15, -0.1) is 0 Å². The summed E-state index contributed by atoms with van der Waals surface area (Å²) in [5.74, 6) is 2.40. The van der Waals surface area contributed by atoms with Crippen molar-refractivity contribution in [2.75, 3.05) is 39.2 Å². The number of ether oxygens (including phenoxy) is 2. The zero-order valence-electron chi connectivity index (χ0n) is 11.2. The molecule has 100 valence electrons. The molecule has 1 aromatic carbocycles. The Kier molecular flexibility index (Phi) is 4.70. The van der Waals surface area contributed by atoms with Gasteiger partial charge in [-0.2, -0.15) is 0 Å². The molecule has 1 aliphatic heterocycles. The van der Waals surface area contributed by atoms with E-state index < -0.39 is 0 Å². The maximum absolute atomic E-state index is 5.26. The fraction of sp³-hybridized carbons (Fsp3) is 0.571. The first-order valence-corrected chi connectivity index (χ1v) is 6.49. The lowest BCUT2D eigenvalue weighted by Crippen LogP contribution is -2.31. The Hall–Kier alpha value is -1.42. The number of piperidine rings is 1. The third-order valence-corrected chi connectivity index (χ3v) is 3.41. The Labute approximate surface area is 109 Å². The van der Waals surface area contributed by atoms with Crippen molar-refractivity contribution in [3.8, 4) is 11.5 Å². The summed E-state index contributed by atoms with van der Waals surface area (Å²) < 4.78 is 10.5. The zero-order valence-corrected chi connectivity index (χ0v) is 11.2. The van der Waals surface area contributed by atoms with Crippen LogP contribution in [0.1, 0.15) is 12.8 Å². The van der Waals surface area contributed by atoms with Crippen LogP contribution in [0.25, 0.3) is 0 Å². The summed E-state index contributed by atoms with van der Waals surface area (Å²) in [6.07, 6.45) is 2.49. The van der Waals surface area contributed by atoms with Crippen LogP contribution < -0.4 is 20.1 Å². The summed E-state index contributed by atoms with van der Waals surface area (Å²) in [6.45, 7) is 3.28. The maximum atomic E-state index is 5.26. The number of methoxy groups -OCH3 is 2. The standard InChI is InChI=1S/C14H22N2O2/c1-17-13-7-12(8-14(9-13)18-2)16-10-11-3-5-15-6-4-11/h7-9,11,15-16H,3-6,10H2,1-2H3. The quantitative estimate of drug-likeness (QED) is 0.840. The third-order valence-electron chi connectivity index (χ3n) is 3.41. The van der Waals surface area contributed by atoms with Crippen molar-refractivity contribution < 1.29 is 9.47 Å². The summed E-state index contributed by atoms with van der Waals surface area (Å²) in [7, 11) is 3.34. The minimum absolute atomic E-state index is 0.753. The van der Waals surface area contributed by atoms with Gasteiger partial charge in [0.2, 0.25) is 0 Å². The van der Waals surface area contributed by atoms with E-state index in [1.165, 1.54) is 12.8 Å². The molecule has 0 saturated carbocycles. The van der Waals surface area contributed by atoms with Gasteiger partial charge in [0.05, 0.1) is 14.2 Å². The number of benzene rings is 1. The highest BCUT2D eigenvalue weighted by atomic mass is 16.5. The zero-order chi connectivity index (χ0) is 12.8. The van der Waals surface area contributed by atoms with E-state index in [0.717, 1.165) is 42.7 Å². The normalized spacial score (nSPS) is 16.3. The van der Waals surface area contributed by atoms with Crippen molar-refractivity contribution in [1.82, 2.24) is 5.32 Å². The third kappa shape index (κ3) is 3.53. The minimum Gasteiger partial charge on any atom is -0.497 e. The van der Waals surface area contributed by atoms with E-state index in [-0.39, 0.29) is 0 Å². The monoisotopic (exact) mass is 250 g/mol. The van der Waals surface area contributed by atoms with Crippen molar-refractivity contribution in [3.05, 3.63) is 18.2 Å². The first-order chi connectivity index (χ1) is 8.81. The molecule has 1 aromatic rings. The van der Waals surface area contributed by atoms with Gasteiger partial charge in [0.1, 0.15) is 11.5 Å². The van der Waals surface area contributed by atoms with Crippen molar-refractivity contribution in [1.29, 1.82) is 0 Å². The summed E-state index contributed by atoms with van der Waals surface area (Å²) in [5.41, 5.74) is 1.06. The Morgan fingerprint density at radius 1 is 1.11 bits per heavy atom. The molecule has 1 aliphatic rings. The fourth-order valence-electron chi connectivity index (χ4n) is 2.26. The van der Waals surface area contributed by atoms with E-state index in [1.807, 2.05) is 18.2 Å². The molecule has 0 radical (unpaired) electrons. The predicted octanol–water partition coefficient (Wildman–Crippen LogP) is 2.12. The summed E-state index contributed by atoms with van der Waals surface area (Å²) >= 11 is 0. The lowest BCUT2D eigenvalue weighted by Gasteiger charge is -2.23. The molecule has 1 saturated heterocycles. The van der Waals surface area contributed by atoms with Crippen molar-refractivity contribution in [3.63, 3.8) is 0 Å². The van der Waals surface area contributed by atoms with E-state index in [9.17, 15) is 0 Å². The van der Waals surface area contributed by atoms with Crippen LogP contribution in [0.2, 0.25) is 0 Å². The fourth-order valence-corrected chi connectivity index (χ4v) is 2.26. The average Bonchev–Trinajstić information content (AvgIpc) is 2.45. The molecule has 0 aromatic heterocycles. The van der Waals surface area contributed by atoms with E-state index in [4.69, 9.17) is 9.47 Å². The van der Waals surface area contributed by atoms with Gasteiger partial charge >= 0.3 is 0 Å². The van der Waals surface area contributed by atoms with Crippen LogP contribution in [0.3, 0.4) is 0 Å². The highest BCUT2D eigenvalue weighted by Crippen LogP contribution is 2.26. The Balaban J connectivity index is 1.94. The molecule has 2 rings (SSSR count). The summed E-state index contributed by atoms with van der Waals surface area (Å²) in [5, 5.41) is 6.86. The molecule has 0 atom stereocenters. The van der Waals surface area contributed by atoms with Gasteiger partial charge in [-0.3, -0.25) is 0 Å². The van der Waals surface area contributed by atoms with Crippen LogP contribution >= 0.6 is 0 Å². The molecule has 0 amide bonds. The Morgan fingerprint density at radius 3 is 2.28 bits per heavy atom. The van der Waals surface area contributed by atoms with Crippen LogP contribution in [0.15, 0.2) is 18.2 Å². The van der Waals surface area contributed by atoms with Crippen LogP contribution in [-0.4, -0.2) is 33.9 Å². The Bertz CT molecular complexity index is 354. The lowest BCUT2D eigenvalue weighted by molar-refractivity contribution is 0.388. The van der Waals surface area contributed by atoms with Gasteiger partial charge in [-0.1, -0.05) is 0 Å². The second-order valence-corrected chi connectivity index (χ2v) is 4.68. The van der Waals surface area contributed by atoms with Gasteiger partial charge in [-0.25, -0.2) is 0 Å². The number of hydrogen-bond donors (Lipinski definition) is 2. The van der Waals surface area contributed by atoms with Crippen LogP contribution in [0, 0.1) is 5.92 Å². The van der Waals surface area contributed by atoms with Gasteiger partial charge in [0, 0.05) is 30.4 Å². The van der Waals surface area contributed by atoms with Crippen LogP contribution in [-0.2, 0) is 0 Å². The Morgan fingerprint density at radius 2 is 1.72 bits per heavy atom. The number of nitrogens with one attached hydrogen (secondary N) is 2. The van der Waals surface area contributed by atoms with E-state index >= 15 is 0 Å². The van der Waals surface area contributed by atoms with Gasteiger partial charge < -0.3 is 20.1 Å². The van der Waals surface area contributed by atoms with Crippen LogP contribution in [0.4, 0.5) is 5.69 Å². The molecule has 4 nitrogen and oxygen atoms in total. The summed E-state index contributed by atoms with van der Waals surface area (Å²) in [6, 6.07) is 5.89. The van der Waals surface area contributed by atoms with E-state index in [0.29, 0.717) is 0 Å². The largest absolute Gasteiger partial charge is 0.497 e. The SMILES string of the molecule is COc1cc(NCC2CCNCC2)cc(OC)c1. The lowest BCUT2D eigenvalue weighted by atomic mass is 9.98. The van der Waals surface area contributed by atoms with Crippen molar-refractivity contribution in [2.24, 2.45) is 5.92 Å².